The first-order valence-corrected chi connectivity index (χ1v) is 6.68. The Balaban J connectivity index is 2.01. The average Bonchev–Trinajstić information content (AvgIpc) is 2.14. The molecule has 0 atom stereocenters. The van der Waals surface area contributed by atoms with Gasteiger partial charge in [-0.3, -0.25) is 0 Å². The molecule has 0 amide bonds. The van der Waals surface area contributed by atoms with Crippen molar-refractivity contribution in [2.75, 3.05) is 13.1 Å². The number of hydrogen-bond donors (Lipinski definition) is 1. The van der Waals surface area contributed by atoms with E-state index in [0.29, 0.717) is 5.41 Å². The van der Waals surface area contributed by atoms with Crippen LogP contribution in [0.1, 0.15) is 59.8 Å². The first-order valence-electron chi connectivity index (χ1n) is 6.68. The molecule has 0 aromatic carbocycles. The highest BCUT2D eigenvalue weighted by Gasteiger charge is 2.17. The van der Waals surface area contributed by atoms with Gasteiger partial charge in [0, 0.05) is 0 Å². The molecule has 0 aromatic rings. The van der Waals surface area contributed by atoms with E-state index < -0.39 is 0 Å². The van der Waals surface area contributed by atoms with Gasteiger partial charge < -0.3 is 5.32 Å². The summed E-state index contributed by atoms with van der Waals surface area (Å²) in [5, 5.41) is 3.63. The van der Waals surface area contributed by atoms with E-state index in [1.165, 1.54) is 45.2 Å². The predicted octanol–water partition coefficient (Wildman–Crippen LogP) is 3.84. The molecule has 1 fully saturated rings. The predicted molar refractivity (Wildman–Crippen MR) is 68.1 cm³/mol. The van der Waals surface area contributed by atoms with Gasteiger partial charge in [-0.1, -0.05) is 40.5 Å². The van der Waals surface area contributed by atoms with Crippen LogP contribution in [0.3, 0.4) is 0 Å². The van der Waals surface area contributed by atoms with Gasteiger partial charge in [0.25, 0.3) is 0 Å². The third-order valence-corrected chi connectivity index (χ3v) is 3.62. The summed E-state index contributed by atoms with van der Waals surface area (Å²) in [5.74, 6) is 1.94. The van der Waals surface area contributed by atoms with Gasteiger partial charge in [0.15, 0.2) is 0 Å². The molecule has 0 spiro atoms. The third kappa shape index (κ3) is 6.19. The second kappa shape index (κ2) is 5.89. The lowest BCUT2D eigenvalue weighted by atomic mass is 9.83. The van der Waals surface area contributed by atoms with Crippen molar-refractivity contribution in [2.45, 2.75) is 59.8 Å². The normalized spacial score (nSPS) is 28.0. The lowest BCUT2D eigenvalue weighted by Gasteiger charge is -2.27. The summed E-state index contributed by atoms with van der Waals surface area (Å²) in [5.41, 5.74) is 0.480. The van der Waals surface area contributed by atoms with E-state index in [0.717, 1.165) is 11.8 Å². The minimum absolute atomic E-state index is 0.480. The van der Waals surface area contributed by atoms with Gasteiger partial charge in [0.2, 0.25) is 0 Å². The van der Waals surface area contributed by atoms with E-state index >= 15 is 0 Å². The largest absolute Gasteiger partial charge is 0.316 e. The van der Waals surface area contributed by atoms with Crippen molar-refractivity contribution in [3.8, 4) is 0 Å². The number of hydrogen-bond acceptors (Lipinski definition) is 1. The lowest BCUT2D eigenvalue weighted by molar-refractivity contribution is 0.275. The molecule has 0 aromatic heterocycles. The molecular weight excluding hydrogens is 182 g/mol. The van der Waals surface area contributed by atoms with Crippen molar-refractivity contribution in [1.29, 1.82) is 0 Å². The van der Waals surface area contributed by atoms with E-state index in [9.17, 15) is 0 Å². The van der Waals surface area contributed by atoms with Crippen molar-refractivity contribution < 1.29 is 0 Å². The highest BCUT2D eigenvalue weighted by molar-refractivity contribution is 4.72. The molecule has 1 saturated carbocycles. The summed E-state index contributed by atoms with van der Waals surface area (Å²) in [6.45, 7) is 11.8. The molecule has 0 saturated heterocycles. The van der Waals surface area contributed by atoms with Crippen molar-refractivity contribution in [2.24, 2.45) is 17.3 Å². The van der Waals surface area contributed by atoms with Gasteiger partial charge in [-0.05, 0) is 49.6 Å². The van der Waals surface area contributed by atoms with Crippen LogP contribution in [0.2, 0.25) is 0 Å². The van der Waals surface area contributed by atoms with Crippen LogP contribution in [0.25, 0.3) is 0 Å². The van der Waals surface area contributed by atoms with E-state index in [1.807, 2.05) is 0 Å². The zero-order valence-electron chi connectivity index (χ0n) is 11.1. The minimum atomic E-state index is 0.480. The Hall–Kier alpha value is -0.0400. The Labute approximate surface area is 96.0 Å². The first kappa shape index (κ1) is 13.0. The van der Waals surface area contributed by atoms with Crippen LogP contribution in [0, 0.1) is 17.3 Å². The van der Waals surface area contributed by atoms with Crippen LogP contribution in [0.4, 0.5) is 0 Å². The Morgan fingerprint density at radius 1 is 1.07 bits per heavy atom. The summed E-state index contributed by atoms with van der Waals surface area (Å²) in [6.07, 6.45) is 7.08. The van der Waals surface area contributed by atoms with Gasteiger partial charge in [-0.15, -0.1) is 0 Å². The van der Waals surface area contributed by atoms with E-state index in [4.69, 9.17) is 0 Å². The third-order valence-electron chi connectivity index (χ3n) is 3.62. The number of rotatable bonds is 4. The maximum absolute atomic E-state index is 3.63. The molecule has 90 valence electrons. The average molecular weight is 211 g/mol. The molecule has 1 nitrogen and oxygen atoms in total. The summed E-state index contributed by atoms with van der Waals surface area (Å²) in [4.78, 5) is 0. The fourth-order valence-electron chi connectivity index (χ4n) is 2.30. The van der Waals surface area contributed by atoms with Gasteiger partial charge in [0.05, 0.1) is 0 Å². The van der Waals surface area contributed by atoms with Crippen LogP contribution in [-0.2, 0) is 0 Å². The molecule has 1 aliphatic carbocycles. The van der Waals surface area contributed by atoms with Crippen LogP contribution in [-0.4, -0.2) is 13.1 Å². The zero-order chi connectivity index (χ0) is 11.3. The molecule has 0 unspecified atom stereocenters. The molecule has 1 heteroatoms. The molecule has 1 rings (SSSR count). The highest BCUT2D eigenvalue weighted by atomic mass is 14.9. The maximum Gasteiger partial charge on any atom is -0.00205 e. The zero-order valence-corrected chi connectivity index (χ0v) is 11.1. The second-order valence-electron chi connectivity index (χ2n) is 6.64. The van der Waals surface area contributed by atoms with Crippen molar-refractivity contribution in [3.63, 3.8) is 0 Å². The van der Waals surface area contributed by atoms with Gasteiger partial charge in [-0.2, -0.15) is 0 Å². The Bertz CT molecular complexity index is 161. The van der Waals surface area contributed by atoms with Crippen molar-refractivity contribution in [3.05, 3.63) is 0 Å². The van der Waals surface area contributed by atoms with Gasteiger partial charge >= 0.3 is 0 Å². The fraction of sp³-hybridized carbons (Fsp3) is 1.00. The molecule has 0 aliphatic heterocycles. The summed E-state index contributed by atoms with van der Waals surface area (Å²) in [7, 11) is 0. The first-order chi connectivity index (χ1) is 6.97. The van der Waals surface area contributed by atoms with Gasteiger partial charge in [0.1, 0.15) is 0 Å². The van der Waals surface area contributed by atoms with E-state index in [-0.39, 0.29) is 0 Å². The highest BCUT2D eigenvalue weighted by Crippen LogP contribution is 2.27. The molecule has 15 heavy (non-hydrogen) atoms. The summed E-state index contributed by atoms with van der Waals surface area (Å²) < 4.78 is 0. The molecule has 0 radical (unpaired) electrons. The molecule has 1 N–H and O–H groups in total. The van der Waals surface area contributed by atoms with Crippen LogP contribution < -0.4 is 5.32 Å². The van der Waals surface area contributed by atoms with Gasteiger partial charge in [-0.25, -0.2) is 0 Å². The maximum atomic E-state index is 3.63. The van der Waals surface area contributed by atoms with E-state index in [2.05, 4.69) is 33.0 Å². The molecular formula is C14H29N. The van der Waals surface area contributed by atoms with Crippen LogP contribution in [0.5, 0.6) is 0 Å². The molecule has 0 bridgehead atoms. The lowest BCUT2D eigenvalue weighted by Crippen LogP contribution is -2.28. The van der Waals surface area contributed by atoms with Crippen LogP contribution in [0.15, 0.2) is 0 Å². The molecule has 1 aliphatic rings. The SMILES string of the molecule is CC1CCC(CNCCC(C)(C)C)CC1. The monoisotopic (exact) mass is 211 g/mol. The smallest absolute Gasteiger partial charge is 0.00205 e. The number of nitrogens with one attached hydrogen (secondary N) is 1. The Morgan fingerprint density at radius 3 is 2.20 bits per heavy atom. The molecule has 0 heterocycles. The fourth-order valence-corrected chi connectivity index (χ4v) is 2.30. The van der Waals surface area contributed by atoms with E-state index in [1.54, 1.807) is 0 Å². The van der Waals surface area contributed by atoms with Crippen molar-refractivity contribution >= 4 is 0 Å². The Morgan fingerprint density at radius 2 is 1.67 bits per heavy atom. The second-order valence-corrected chi connectivity index (χ2v) is 6.64. The quantitative estimate of drug-likeness (QED) is 0.697. The Kier molecular flexibility index (Phi) is 5.11. The minimum Gasteiger partial charge on any atom is -0.316 e. The topological polar surface area (TPSA) is 12.0 Å². The standard InChI is InChI=1S/C14H29N/c1-12-5-7-13(8-6-12)11-15-10-9-14(2,3)4/h12-13,15H,5-11H2,1-4H3. The van der Waals surface area contributed by atoms with Crippen LogP contribution >= 0.6 is 0 Å². The summed E-state index contributed by atoms with van der Waals surface area (Å²) in [6, 6.07) is 0. The van der Waals surface area contributed by atoms with Crippen molar-refractivity contribution in [1.82, 2.24) is 5.32 Å². The summed E-state index contributed by atoms with van der Waals surface area (Å²) >= 11 is 0.